The van der Waals surface area contributed by atoms with Gasteiger partial charge in [0.05, 0.1) is 21.7 Å². The molecular weight excluding hydrogens is 454 g/mol. The van der Waals surface area contributed by atoms with E-state index in [4.69, 9.17) is 27.9 Å². The van der Waals surface area contributed by atoms with Crippen molar-refractivity contribution >= 4 is 46.0 Å². The second-order valence-electron chi connectivity index (χ2n) is 8.01. The smallest absolute Gasteiger partial charge is 0.417 e. The summed E-state index contributed by atoms with van der Waals surface area (Å²) in [7, 11) is 0. The first-order valence-corrected chi connectivity index (χ1v) is 9.91. The summed E-state index contributed by atoms with van der Waals surface area (Å²) >= 11 is 12.2. The molecule has 3 aromatic rings. The van der Waals surface area contributed by atoms with Crippen molar-refractivity contribution in [2.75, 3.05) is 0 Å². The van der Waals surface area contributed by atoms with Gasteiger partial charge in [-0.1, -0.05) is 29.3 Å². The number of ether oxygens (including phenoxy) is 1. The van der Waals surface area contributed by atoms with E-state index in [1.54, 1.807) is 20.8 Å². The first-order valence-electron chi connectivity index (χ1n) is 9.16. The van der Waals surface area contributed by atoms with Crippen LogP contribution in [0.4, 0.5) is 13.2 Å². The molecule has 0 atom stereocenters. The van der Waals surface area contributed by atoms with Crippen molar-refractivity contribution in [1.29, 1.82) is 0 Å². The average molecular weight is 472 g/mol. The van der Waals surface area contributed by atoms with Gasteiger partial charge in [0.25, 0.3) is 5.91 Å². The van der Waals surface area contributed by atoms with E-state index in [1.165, 1.54) is 37.3 Å². The normalized spacial score (nSPS) is 12.3. The minimum atomic E-state index is -4.66. The Hall–Kier alpha value is -2.51. The number of rotatable bonds is 2. The Labute approximate surface area is 186 Å². The highest BCUT2D eigenvalue weighted by molar-refractivity contribution is 6.38. The van der Waals surface area contributed by atoms with Crippen molar-refractivity contribution in [3.63, 3.8) is 0 Å². The van der Waals surface area contributed by atoms with E-state index in [0.717, 1.165) is 10.6 Å². The van der Waals surface area contributed by atoms with Crippen LogP contribution < -0.4 is 0 Å². The van der Waals surface area contributed by atoms with Crippen LogP contribution in [0.3, 0.4) is 0 Å². The van der Waals surface area contributed by atoms with Crippen LogP contribution in [0.15, 0.2) is 36.4 Å². The molecule has 0 N–H and O–H groups in total. The monoisotopic (exact) mass is 471 g/mol. The minimum Gasteiger partial charge on any atom is -0.456 e. The molecule has 4 nitrogen and oxygen atoms in total. The summed E-state index contributed by atoms with van der Waals surface area (Å²) < 4.78 is 46.3. The molecule has 31 heavy (non-hydrogen) atoms. The Morgan fingerprint density at radius 3 is 2.19 bits per heavy atom. The van der Waals surface area contributed by atoms with Crippen LogP contribution in [-0.4, -0.2) is 22.0 Å². The molecule has 0 aliphatic heterocycles. The molecule has 1 heterocycles. The third-order valence-corrected chi connectivity index (χ3v) is 5.10. The summed E-state index contributed by atoms with van der Waals surface area (Å²) in [5.41, 5.74) is -1.12. The third-order valence-electron chi connectivity index (χ3n) is 4.42. The number of esters is 1. The number of alkyl halides is 3. The molecular formula is C22H18Cl2F3NO3. The fourth-order valence-corrected chi connectivity index (χ4v) is 3.75. The lowest BCUT2D eigenvalue weighted by atomic mass is 10.1. The van der Waals surface area contributed by atoms with Crippen LogP contribution in [0.5, 0.6) is 0 Å². The van der Waals surface area contributed by atoms with E-state index in [0.29, 0.717) is 0 Å². The van der Waals surface area contributed by atoms with Gasteiger partial charge in [-0.05, 0) is 63.6 Å². The third kappa shape index (κ3) is 4.57. The highest BCUT2D eigenvalue weighted by Crippen LogP contribution is 2.42. The summed E-state index contributed by atoms with van der Waals surface area (Å²) in [6.07, 6.45) is -4.66. The number of hydrogen-bond acceptors (Lipinski definition) is 3. The van der Waals surface area contributed by atoms with Crippen molar-refractivity contribution in [2.45, 2.75) is 39.5 Å². The number of carbonyl (C=O) groups is 2. The van der Waals surface area contributed by atoms with E-state index in [2.05, 4.69) is 0 Å². The van der Waals surface area contributed by atoms with E-state index in [-0.39, 0.29) is 32.7 Å². The van der Waals surface area contributed by atoms with Gasteiger partial charge in [0.15, 0.2) is 0 Å². The summed E-state index contributed by atoms with van der Waals surface area (Å²) in [6, 6.07) is 7.92. The Bertz CT molecular complexity index is 1210. The average Bonchev–Trinajstić information content (AvgIpc) is 3.00. The maximum absolute atomic E-state index is 13.3. The van der Waals surface area contributed by atoms with Crippen molar-refractivity contribution in [3.05, 3.63) is 68.8 Å². The number of hydrogen-bond donors (Lipinski definition) is 0. The topological polar surface area (TPSA) is 48.3 Å². The lowest BCUT2D eigenvalue weighted by Crippen LogP contribution is -2.24. The second kappa shape index (κ2) is 7.88. The van der Waals surface area contributed by atoms with Crippen molar-refractivity contribution in [2.24, 2.45) is 0 Å². The maximum Gasteiger partial charge on any atom is 0.417 e. The zero-order valence-corrected chi connectivity index (χ0v) is 18.5. The molecule has 0 aliphatic rings. The number of aryl methyl sites for hydroxylation is 1. The molecule has 1 aromatic heterocycles. The van der Waals surface area contributed by atoms with Crippen LogP contribution in [-0.2, 0) is 10.9 Å². The van der Waals surface area contributed by atoms with Gasteiger partial charge in [0.1, 0.15) is 10.8 Å². The Morgan fingerprint density at radius 1 is 1.00 bits per heavy atom. The maximum atomic E-state index is 13.3. The fraction of sp³-hybridized carbons (Fsp3) is 0.273. The molecule has 0 bridgehead atoms. The molecule has 0 amide bonds. The number of carbonyl (C=O) groups excluding carboxylic acids is 2. The molecule has 3 rings (SSSR count). The highest BCUT2D eigenvalue weighted by Gasteiger charge is 2.35. The first-order chi connectivity index (χ1) is 14.2. The number of aromatic nitrogens is 1. The number of benzene rings is 2. The molecule has 2 aromatic carbocycles. The summed E-state index contributed by atoms with van der Waals surface area (Å²) in [4.78, 5) is 25.5. The number of nitrogens with zero attached hydrogens (tertiary/aromatic N) is 1. The lowest BCUT2D eigenvalue weighted by Gasteiger charge is -2.19. The van der Waals surface area contributed by atoms with Gasteiger partial charge >= 0.3 is 12.1 Å². The SMILES string of the molecule is Cc1cc(C(F)(F)F)c(Cl)c2cc(Cl)n(C(=O)c3cccc(C(=O)OC(C)(C)C)c3)c12. The van der Waals surface area contributed by atoms with Crippen molar-refractivity contribution in [3.8, 4) is 0 Å². The van der Waals surface area contributed by atoms with E-state index < -0.39 is 34.2 Å². The second-order valence-corrected chi connectivity index (χ2v) is 8.77. The lowest BCUT2D eigenvalue weighted by molar-refractivity contribution is -0.137. The van der Waals surface area contributed by atoms with Gasteiger partial charge in [0, 0.05) is 10.9 Å². The highest BCUT2D eigenvalue weighted by atomic mass is 35.5. The van der Waals surface area contributed by atoms with E-state index >= 15 is 0 Å². The minimum absolute atomic E-state index is 0.00985. The molecule has 0 saturated carbocycles. The summed E-state index contributed by atoms with van der Waals surface area (Å²) in [5.74, 6) is -1.23. The zero-order chi connectivity index (χ0) is 23.3. The van der Waals surface area contributed by atoms with Crippen LogP contribution in [0, 0.1) is 6.92 Å². The zero-order valence-electron chi connectivity index (χ0n) is 17.0. The summed E-state index contributed by atoms with van der Waals surface area (Å²) in [5, 5.41) is -0.633. The van der Waals surface area contributed by atoms with Crippen LogP contribution >= 0.6 is 23.2 Å². The Kier molecular flexibility index (Phi) is 5.88. The molecule has 0 fully saturated rings. The fourth-order valence-electron chi connectivity index (χ4n) is 3.18. The Morgan fingerprint density at radius 2 is 1.61 bits per heavy atom. The molecule has 0 saturated heterocycles. The van der Waals surface area contributed by atoms with Gasteiger partial charge in [-0.3, -0.25) is 9.36 Å². The van der Waals surface area contributed by atoms with E-state index in [9.17, 15) is 22.8 Å². The molecule has 0 unspecified atom stereocenters. The largest absolute Gasteiger partial charge is 0.456 e. The quantitative estimate of drug-likeness (QED) is 0.381. The summed E-state index contributed by atoms with van der Waals surface area (Å²) in [6.45, 7) is 6.58. The first kappa shape index (κ1) is 23.2. The van der Waals surface area contributed by atoms with Crippen LogP contribution in [0.2, 0.25) is 10.2 Å². The molecule has 0 spiro atoms. The predicted octanol–water partition coefficient (Wildman–Crippen LogP) is 6.92. The van der Waals surface area contributed by atoms with Crippen LogP contribution in [0.1, 0.15) is 52.6 Å². The number of halogens is 5. The van der Waals surface area contributed by atoms with E-state index in [1.807, 2.05) is 0 Å². The van der Waals surface area contributed by atoms with Crippen molar-refractivity contribution < 1.29 is 27.5 Å². The van der Waals surface area contributed by atoms with Gasteiger partial charge in [-0.25, -0.2) is 4.79 Å². The number of fused-ring (bicyclic) bond motifs is 1. The standard InChI is InChI=1S/C22H18Cl2F3NO3/c1-11-8-15(22(25,26)27)17(24)14-10-16(23)28(18(11)14)19(29)12-6-5-7-13(9-12)20(30)31-21(2,3)4/h5-10H,1-4H3. The molecule has 0 radical (unpaired) electrons. The van der Waals surface area contributed by atoms with Gasteiger partial charge in [-0.2, -0.15) is 13.2 Å². The Balaban J connectivity index is 2.12. The van der Waals surface area contributed by atoms with Gasteiger partial charge < -0.3 is 4.74 Å². The van der Waals surface area contributed by atoms with Gasteiger partial charge in [-0.15, -0.1) is 0 Å². The van der Waals surface area contributed by atoms with Gasteiger partial charge in [0.2, 0.25) is 0 Å². The molecule has 164 valence electrons. The predicted molar refractivity (Wildman–Crippen MR) is 113 cm³/mol. The molecule has 0 aliphatic carbocycles. The molecule has 9 heteroatoms. The van der Waals surface area contributed by atoms with Crippen molar-refractivity contribution in [1.82, 2.24) is 4.57 Å². The van der Waals surface area contributed by atoms with Crippen LogP contribution in [0.25, 0.3) is 10.9 Å².